The van der Waals surface area contributed by atoms with Gasteiger partial charge in [0.05, 0.1) is 7.11 Å². The number of rotatable bonds is 6. The Hall–Kier alpha value is -1.00. The molecule has 0 amide bonds. The minimum Gasteiger partial charge on any atom is -0.467 e. The zero-order chi connectivity index (χ0) is 12.7. The first-order chi connectivity index (χ1) is 8.21. The third-order valence-corrected chi connectivity index (χ3v) is 3.52. The van der Waals surface area contributed by atoms with E-state index in [4.69, 9.17) is 4.74 Å². The fourth-order valence-electron chi connectivity index (χ4n) is 1.89. The average molecular weight is 253 g/mol. The summed E-state index contributed by atoms with van der Waals surface area (Å²) in [5.74, 6) is 0.658. The lowest BCUT2D eigenvalue weighted by Gasteiger charge is -2.31. The maximum absolute atomic E-state index is 12.1. The zero-order valence-electron chi connectivity index (χ0n) is 10.5. The highest BCUT2D eigenvalue weighted by Gasteiger charge is 2.39. The predicted molar refractivity (Wildman–Crippen MR) is 72.2 cm³/mol. The van der Waals surface area contributed by atoms with Crippen LogP contribution < -0.4 is 5.32 Å². The lowest BCUT2D eigenvalue weighted by molar-refractivity contribution is -0.149. The van der Waals surface area contributed by atoms with Crippen molar-refractivity contribution in [2.45, 2.75) is 12.0 Å². The van der Waals surface area contributed by atoms with Gasteiger partial charge in [-0.25, -0.2) is 4.79 Å². The SMILES string of the molecule is CNC(CCSC)(C(=O)OC)c1ccccc1. The number of ether oxygens (including phenoxy) is 1. The molecule has 0 bridgehead atoms. The standard InChI is InChI=1S/C13H19NO2S/c1-14-13(9-10-17-3,12(15)16-2)11-7-5-4-6-8-11/h4-8,14H,9-10H2,1-3H3. The van der Waals surface area contributed by atoms with E-state index in [1.54, 1.807) is 18.8 Å². The molecular weight excluding hydrogens is 234 g/mol. The van der Waals surface area contributed by atoms with Crippen LogP contribution in [0, 0.1) is 0 Å². The van der Waals surface area contributed by atoms with Crippen LogP contribution in [0.15, 0.2) is 30.3 Å². The highest BCUT2D eigenvalue weighted by molar-refractivity contribution is 7.98. The third kappa shape index (κ3) is 3.01. The van der Waals surface area contributed by atoms with Crippen LogP contribution >= 0.6 is 11.8 Å². The van der Waals surface area contributed by atoms with Gasteiger partial charge in [-0.1, -0.05) is 30.3 Å². The molecule has 0 saturated heterocycles. The van der Waals surface area contributed by atoms with E-state index < -0.39 is 5.54 Å². The minimum absolute atomic E-state index is 0.236. The van der Waals surface area contributed by atoms with Crippen LogP contribution in [0.1, 0.15) is 12.0 Å². The summed E-state index contributed by atoms with van der Waals surface area (Å²) in [6.45, 7) is 0. The summed E-state index contributed by atoms with van der Waals surface area (Å²) in [5, 5.41) is 3.13. The first-order valence-corrected chi connectivity index (χ1v) is 6.92. The van der Waals surface area contributed by atoms with Crippen LogP contribution in [0.5, 0.6) is 0 Å². The number of likely N-dealkylation sites (N-methyl/N-ethyl adjacent to an activating group) is 1. The molecule has 0 heterocycles. The zero-order valence-corrected chi connectivity index (χ0v) is 11.3. The van der Waals surface area contributed by atoms with Crippen LogP contribution in [0.3, 0.4) is 0 Å². The number of benzene rings is 1. The molecule has 0 spiro atoms. The molecule has 17 heavy (non-hydrogen) atoms. The van der Waals surface area contributed by atoms with Crippen molar-refractivity contribution < 1.29 is 9.53 Å². The van der Waals surface area contributed by atoms with Gasteiger partial charge in [-0.2, -0.15) is 11.8 Å². The molecule has 0 aliphatic rings. The summed E-state index contributed by atoms with van der Waals surface area (Å²) in [6.07, 6.45) is 2.74. The summed E-state index contributed by atoms with van der Waals surface area (Å²) in [7, 11) is 3.22. The number of carbonyl (C=O) groups excluding carboxylic acids is 1. The van der Waals surface area contributed by atoms with Gasteiger partial charge in [-0.3, -0.25) is 0 Å². The topological polar surface area (TPSA) is 38.3 Å². The van der Waals surface area contributed by atoms with E-state index in [0.717, 1.165) is 11.3 Å². The molecular formula is C13H19NO2S. The van der Waals surface area contributed by atoms with Crippen LogP contribution in [0.25, 0.3) is 0 Å². The second-order valence-electron chi connectivity index (χ2n) is 3.76. The smallest absolute Gasteiger partial charge is 0.330 e. The number of methoxy groups -OCH3 is 1. The Bertz CT molecular complexity index is 356. The number of nitrogens with one attached hydrogen (secondary N) is 1. The first-order valence-electron chi connectivity index (χ1n) is 5.53. The summed E-state index contributed by atoms with van der Waals surface area (Å²) >= 11 is 1.72. The Balaban J connectivity index is 3.11. The Kier molecular flexibility index (Phi) is 5.51. The minimum atomic E-state index is -0.737. The van der Waals surface area contributed by atoms with Crippen molar-refractivity contribution in [1.82, 2.24) is 5.32 Å². The van der Waals surface area contributed by atoms with Gasteiger partial charge in [0, 0.05) is 0 Å². The number of hydrogen-bond acceptors (Lipinski definition) is 4. The molecule has 1 atom stereocenters. The van der Waals surface area contributed by atoms with E-state index in [2.05, 4.69) is 5.32 Å². The monoisotopic (exact) mass is 253 g/mol. The molecule has 0 fully saturated rings. The number of carbonyl (C=O) groups is 1. The third-order valence-electron chi connectivity index (χ3n) is 2.91. The molecule has 1 N–H and O–H groups in total. The highest BCUT2D eigenvalue weighted by atomic mass is 32.2. The summed E-state index contributed by atoms with van der Waals surface area (Å²) in [5.41, 5.74) is 0.211. The van der Waals surface area contributed by atoms with E-state index in [1.807, 2.05) is 36.6 Å². The Morgan fingerprint density at radius 1 is 1.41 bits per heavy atom. The van der Waals surface area contributed by atoms with Crippen molar-refractivity contribution in [2.75, 3.05) is 26.2 Å². The highest BCUT2D eigenvalue weighted by Crippen LogP contribution is 2.27. The first kappa shape index (κ1) is 14.1. The molecule has 1 aromatic carbocycles. The molecule has 1 unspecified atom stereocenters. The van der Waals surface area contributed by atoms with E-state index >= 15 is 0 Å². The van der Waals surface area contributed by atoms with Crippen LogP contribution in [0.4, 0.5) is 0 Å². The van der Waals surface area contributed by atoms with Crippen LogP contribution in [-0.2, 0) is 15.1 Å². The fraction of sp³-hybridized carbons (Fsp3) is 0.462. The van der Waals surface area contributed by atoms with E-state index in [9.17, 15) is 4.79 Å². The lowest BCUT2D eigenvalue weighted by atomic mass is 9.87. The quantitative estimate of drug-likeness (QED) is 0.787. The maximum atomic E-state index is 12.1. The van der Waals surface area contributed by atoms with Gasteiger partial charge in [0.1, 0.15) is 5.54 Å². The molecule has 3 nitrogen and oxygen atoms in total. The summed E-state index contributed by atoms with van der Waals surface area (Å²) < 4.78 is 4.95. The summed E-state index contributed by atoms with van der Waals surface area (Å²) in [6, 6.07) is 9.71. The predicted octanol–water partition coefficient (Wildman–Crippen LogP) is 2.03. The van der Waals surface area contributed by atoms with Crippen LogP contribution in [-0.4, -0.2) is 32.1 Å². The molecule has 0 saturated carbocycles. The molecule has 0 aliphatic carbocycles. The van der Waals surface area contributed by atoms with Gasteiger partial charge in [-0.15, -0.1) is 0 Å². The van der Waals surface area contributed by atoms with Crippen molar-refractivity contribution in [3.63, 3.8) is 0 Å². The van der Waals surface area contributed by atoms with E-state index in [0.29, 0.717) is 6.42 Å². The molecule has 0 radical (unpaired) electrons. The Morgan fingerprint density at radius 2 is 2.06 bits per heavy atom. The normalized spacial score (nSPS) is 14.1. The molecule has 94 valence electrons. The lowest BCUT2D eigenvalue weighted by Crippen LogP contribution is -2.48. The van der Waals surface area contributed by atoms with E-state index in [-0.39, 0.29) is 5.97 Å². The van der Waals surface area contributed by atoms with Gasteiger partial charge in [-0.05, 0) is 31.0 Å². The largest absolute Gasteiger partial charge is 0.467 e. The van der Waals surface area contributed by atoms with Gasteiger partial charge in [0.25, 0.3) is 0 Å². The van der Waals surface area contributed by atoms with Gasteiger partial charge >= 0.3 is 5.97 Å². The van der Waals surface area contributed by atoms with Gasteiger partial charge in [0.2, 0.25) is 0 Å². The van der Waals surface area contributed by atoms with Crippen molar-refractivity contribution >= 4 is 17.7 Å². The van der Waals surface area contributed by atoms with Crippen molar-refractivity contribution in [2.24, 2.45) is 0 Å². The fourth-order valence-corrected chi connectivity index (χ4v) is 2.40. The second kappa shape index (κ2) is 6.67. The summed E-state index contributed by atoms with van der Waals surface area (Å²) in [4.78, 5) is 12.1. The van der Waals surface area contributed by atoms with Gasteiger partial charge < -0.3 is 10.1 Å². The molecule has 1 aromatic rings. The number of hydrogen-bond donors (Lipinski definition) is 1. The van der Waals surface area contributed by atoms with Crippen molar-refractivity contribution in [3.05, 3.63) is 35.9 Å². The number of thioether (sulfide) groups is 1. The molecule has 4 heteroatoms. The van der Waals surface area contributed by atoms with Crippen molar-refractivity contribution in [1.29, 1.82) is 0 Å². The Labute approximate surface area is 107 Å². The van der Waals surface area contributed by atoms with Gasteiger partial charge in [0.15, 0.2) is 0 Å². The Morgan fingerprint density at radius 3 is 2.53 bits per heavy atom. The second-order valence-corrected chi connectivity index (χ2v) is 4.74. The average Bonchev–Trinajstić information content (AvgIpc) is 2.41. The molecule has 1 rings (SSSR count). The maximum Gasteiger partial charge on any atom is 0.330 e. The molecule has 0 aliphatic heterocycles. The van der Waals surface area contributed by atoms with Crippen LogP contribution in [0.2, 0.25) is 0 Å². The molecule has 0 aromatic heterocycles. The van der Waals surface area contributed by atoms with Crippen molar-refractivity contribution in [3.8, 4) is 0 Å². The van der Waals surface area contributed by atoms with E-state index in [1.165, 1.54) is 7.11 Å². The number of esters is 1.